The van der Waals surface area contributed by atoms with Gasteiger partial charge in [0, 0.05) is 24.3 Å². The van der Waals surface area contributed by atoms with Gasteiger partial charge in [0.05, 0.1) is 0 Å². The SMILES string of the molecule is c1ccc(CCNCc2c[nH]c3ncccc23)cc1. The molecule has 1 aromatic carbocycles. The molecular weight excluding hydrogens is 234 g/mol. The van der Waals surface area contributed by atoms with Crippen LogP contribution < -0.4 is 5.32 Å². The van der Waals surface area contributed by atoms with Crippen LogP contribution in [-0.4, -0.2) is 16.5 Å². The fourth-order valence-electron chi connectivity index (χ4n) is 2.26. The summed E-state index contributed by atoms with van der Waals surface area (Å²) >= 11 is 0. The Bertz CT molecular complexity index is 643. The number of pyridine rings is 1. The van der Waals surface area contributed by atoms with Gasteiger partial charge in [-0.15, -0.1) is 0 Å². The summed E-state index contributed by atoms with van der Waals surface area (Å²) in [6, 6.07) is 14.6. The Morgan fingerprint density at radius 3 is 2.84 bits per heavy atom. The maximum Gasteiger partial charge on any atom is 0.137 e. The van der Waals surface area contributed by atoms with Gasteiger partial charge in [-0.25, -0.2) is 4.98 Å². The molecule has 0 bridgehead atoms. The van der Waals surface area contributed by atoms with Crippen molar-refractivity contribution in [1.29, 1.82) is 0 Å². The molecule has 19 heavy (non-hydrogen) atoms. The van der Waals surface area contributed by atoms with Crippen molar-refractivity contribution >= 4 is 11.0 Å². The maximum absolute atomic E-state index is 4.29. The van der Waals surface area contributed by atoms with Crippen LogP contribution in [0.15, 0.2) is 54.9 Å². The fraction of sp³-hybridized carbons (Fsp3) is 0.188. The number of hydrogen-bond acceptors (Lipinski definition) is 2. The van der Waals surface area contributed by atoms with Crippen molar-refractivity contribution in [1.82, 2.24) is 15.3 Å². The minimum absolute atomic E-state index is 0.874. The Kier molecular flexibility index (Phi) is 3.56. The number of aromatic amines is 1. The van der Waals surface area contributed by atoms with E-state index in [2.05, 4.69) is 51.7 Å². The molecular formula is C16H17N3. The Morgan fingerprint density at radius 2 is 1.95 bits per heavy atom. The summed E-state index contributed by atoms with van der Waals surface area (Å²) < 4.78 is 0. The minimum Gasteiger partial charge on any atom is -0.346 e. The first kappa shape index (κ1) is 11.9. The number of nitrogens with one attached hydrogen (secondary N) is 2. The second-order valence-electron chi connectivity index (χ2n) is 4.63. The number of H-pyrrole nitrogens is 1. The fourth-order valence-corrected chi connectivity index (χ4v) is 2.26. The topological polar surface area (TPSA) is 40.7 Å². The third kappa shape index (κ3) is 2.83. The number of nitrogens with zero attached hydrogens (tertiary/aromatic N) is 1. The number of rotatable bonds is 5. The molecule has 0 fully saturated rings. The Morgan fingerprint density at radius 1 is 1.05 bits per heavy atom. The van der Waals surface area contributed by atoms with Gasteiger partial charge in [-0.05, 0) is 36.2 Å². The summed E-state index contributed by atoms with van der Waals surface area (Å²) in [6.45, 7) is 1.86. The highest BCUT2D eigenvalue weighted by Crippen LogP contribution is 2.14. The van der Waals surface area contributed by atoms with Gasteiger partial charge in [0.25, 0.3) is 0 Å². The zero-order valence-corrected chi connectivity index (χ0v) is 10.8. The monoisotopic (exact) mass is 251 g/mol. The van der Waals surface area contributed by atoms with E-state index < -0.39 is 0 Å². The molecule has 0 unspecified atom stereocenters. The van der Waals surface area contributed by atoms with Gasteiger partial charge in [-0.2, -0.15) is 0 Å². The Labute approximate surface area is 112 Å². The molecule has 96 valence electrons. The normalized spacial score (nSPS) is 10.9. The van der Waals surface area contributed by atoms with E-state index in [1.807, 2.05) is 18.5 Å². The smallest absolute Gasteiger partial charge is 0.137 e. The molecule has 0 saturated heterocycles. The molecule has 0 spiro atoms. The molecule has 3 aromatic rings. The molecule has 3 rings (SSSR count). The van der Waals surface area contributed by atoms with Crippen molar-refractivity contribution in [3.05, 3.63) is 66.0 Å². The average Bonchev–Trinajstić information content (AvgIpc) is 2.88. The molecule has 2 N–H and O–H groups in total. The van der Waals surface area contributed by atoms with Gasteiger partial charge < -0.3 is 10.3 Å². The van der Waals surface area contributed by atoms with Crippen LogP contribution in [0, 0.1) is 0 Å². The van der Waals surface area contributed by atoms with Gasteiger partial charge >= 0.3 is 0 Å². The van der Waals surface area contributed by atoms with Crippen molar-refractivity contribution in [2.24, 2.45) is 0 Å². The van der Waals surface area contributed by atoms with E-state index in [-0.39, 0.29) is 0 Å². The van der Waals surface area contributed by atoms with E-state index in [1.165, 1.54) is 16.5 Å². The van der Waals surface area contributed by atoms with E-state index in [0.717, 1.165) is 25.2 Å². The number of hydrogen-bond donors (Lipinski definition) is 2. The molecule has 0 saturated carbocycles. The van der Waals surface area contributed by atoms with E-state index in [1.54, 1.807) is 0 Å². The van der Waals surface area contributed by atoms with E-state index in [9.17, 15) is 0 Å². The van der Waals surface area contributed by atoms with Gasteiger partial charge in [0.1, 0.15) is 5.65 Å². The van der Waals surface area contributed by atoms with Gasteiger partial charge in [0.2, 0.25) is 0 Å². The van der Waals surface area contributed by atoms with E-state index in [4.69, 9.17) is 0 Å². The van der Waals surface area contributed by atoms with Crippen molar-refractivity contribution in [2.45, 2.75) is 13.0 Å². The quantitative estimate of drug-likeness (QED) is 0.685. The summed E-state index contributed by atoms with van der Waals surface area (Å²) in [6.07, 6.45) is 4.90. The molecule has 0 radical (unpaired) electrons. The minimum atomic E-state index is 0.874. The highest BCUT2D eigenvalue weighted by atomic mass is 14.9. The molecule has 3 heteroatoms. The lowest BCUT2D eigenvalue weighted by atomic mass is 10.1. The largest absolute Gasteiger partial charge is 0.346 e. The van der Waals surface area contributed by atoms with Crippen LogP contribution in [0.25, 0.3) is 11.0 Å². The summed E-state index contributed by atoms with van der Waals surface area (Å²) in [7, 11) is 0. The lowest BCUT2D eigenvalue weighted by Crippen LogP contribution is -2.16. The molecule has 0 aliphatic heterocycles. The zero-order chi connectivity index (χ0) is 12.9. The lowest BCUT2D eigenvalue weighted by molar-refractivity contribution is 0.689. The predicted octanol–water partition coefficient (Wildman–Crippen LogP) is 2.90. The van der Waals surface area contributed by atoms with Gasteiger partial charge in [-0.3, -0.25) is 0 Å². The Hall–Kier alpha value is -2.13. The van der Waals surface area contributed by atoms with Crippen molar-refractivity contribution in [2.75, 3.05) is 6.54 Å². The second kappa shape index (κ2) is 5.67. The number of benzene rings is 1. The molecule has 0 amide bonds. The first-order valence-corrected chi connectivity index (χ1v) is 6.59. The summed E-state index contributed by atoms with van der Waals surface area (Å²) in [4.78, 5) is 7.49. The van der Waals surface area contributed by atoms with Crippen LogP contribution >= 0.6 is 0 Å². The number of aromatic nitrogens is 2. The van der Waals surface area contributed by atoms with Crippen LogP contribution in [0.4, 0.5) is 0 Å². The molecule has 3 nitrogen and oxygen atoms in total. The molecule has 0 aliphatic carbocycles. The third-order valence-electron chi connectivity index (χ3n) is 3.29. The van der Waals surface area contributed by atoms with Crippen LogP contribution in [0.3, 0.4) is 0 Å². The third-order valence-corrected chi connectivity index (χ3v) is 3.29. The molecule has 0 aliphatic rings. The van der Waals surface area contributed by atoms with Crippen LogP contribution in [0.5, 0.6) is 0 Å². The van der Waals surface area contributed by atoms with Crippen LogP contribution in [0.2, 0.25) is 0 Å². The van der Waals surface area contributed by atoms with Crippen LogP contribution in [-0.2, 0) is 13.0 Å². The molecule has 0 atom stereocenters. The predicted molar refractivity (Wildman–Crippen MR) is 77.9 cm³/mol. The van der Waals surface area contributed by atoms with Crippen molar-refractivity contribution in [3.63, 3.8) is 0 Å². The summed E-state index contributed by atoms with van der Waals surface area (Å²) in [5, 5.41) is 4.68. The van der Waals surface area contributed by atoms with Gasteiger partial charge in [-0.1, -0.05) is 30.3 Å². The van der Waals surface area contributed by atoms with E-state index >= 15 is 0 Å². The van der Waals surface area contributed by atoms with E-state index in [0.29, 0.717) is 0 Å². The standard InChI is InChI=1S/C16H17N3/c1-2-5-13(6-3-1)8-10-17-11-14-12-19-16-15(14)7-4-9-18-16/h1-7,9,12,17H,8,10-11H2,(H,18,19). The first-order chi connectivity index (χ1) is 9.43. The molecule has 2 aromatic heterocycles. The number of fused-ring (bicyclic) bond motifs is 1. The first-order valence-electron chi connectivity index (χ1n) is 6.59. The lowest BCUT2D eigenvalue weighted by Gasteiger charge is -2.04. The zero-order valence-electron chi connectivity index (χ0n) is 10.8. The van der Waals surface area contributed by atoms with Crippen LogP contribution in [0.1, 0.15) is 11.1 Å². The highest BCUT2D eigenvalue weighted by molar-refractivity contribution is 5.79. The van der Waals surface area contributed by atoms with Crippen molar-refractivity contribution < 1.29 is 0 Å². The van der Waals surface area contributed by atoms with Crippen molar-refractivity contribution in [3.8, 4) is 0 Å². The van der Waals surface area contributed by atoms with Gasteiger partial charge in [0.15, 0.2) is 0 Å². The summed E-state index contributed by atoms with van der Waals surface area (Å²) in [5.74, 6) is 0. The maximum atomic E-state index is 4.29. The highest BCUT2D eigenvalue weighted by Gasteiger charge is 2.02. The summed E-state index contributed by atoms with van der Waals surface area (Å²) in [5.41, 5.74) is 3.61. The Balaban J connectivity index is 1.55. The molecule has 2 heterocycles. The average molecular weight is 251 g/mol. The second-order valence-corrected chi connectivity index (χ2v) is 4.63.